The number of phenols is 1. The van der Waals surface area contributed by atoms with Crippen LogP contribution in [0.4, 0.5) is 0 Å². The van der Waals surface area contributed by atoms with Crippen LogP contribution in [0.3, 0.4) is 0 Å². The fraction of sp³-hybridized carbons (Fsp3) is 0.545. The predicted molar refractivity (Wildman–Crippen MR) is 105 cm³/mol. The molecular weight excluding hydrogens is 342 g/mol. The van der Waals surface area contributed by atoms with E-state index in [1.165, 1.54) is 5.56 Å². The first-order valence-corrected chi connectivity index (χ1v) is 9.87. The third-order valence-corrected chi connectivity index (χ3v) is 6.37. The topological polar surface area (TPSA) is 62.2 Å². The van der Waals surface area contributed by atoms with E-state index in [0.29, 0.717) is 18.4 Å². The van der Waals surface area contributed by atoms with E-state index in [1.807, 2.05) is 13.2 Å². The van der Waals surface area contributed by atoms with Gasteiger partial charge in [0.2, 0.25) is 0 Å². The van der Waals surface area contributed by atoms with Gasteiger partial charge < -0.3 is 19.7 Å². The number of aliphatic hydroxyl groups excluding tert-OH is 1. The van der Waals surface area contributed by atoms with Gasteiger partial charge in [-0.1, -0.05) is 18.2 Å². The van der Waals surface area contributed by atoms with Crippen molar-refractivity contribution in [3.05, 3.63) is 42.0 Å². The van der Waals surface area contributed by atoms with E-state index in [4.69, 9.17) is 14.6 Å². The van der Waals surface area contributed by atoms with E-state index in [0.717, 1.165) is 49.5 Å². The lowest BCUT2D eigenvalue weighted by Crippen LogP contribution is -2.51. The minimum atomic E-state index is -0.0677. The molecule has 2 aromatic rings. The van der Waals surface area contributed by atoms with Crippen molar-refractivity contribution in [1.29, 1.82) is 0 Å². The summed E-state index contributed by atoms with van der Waals surface area (Å²) in [7, 11) is 1.84. The van der Waals surface area contributed by atoms with Crippen LogP contribution in [-0.2, 0) is 16.0 Å². The molecule has 1 saturated heterocycles. The lowest BCUT2D eigenvalue weighted by molar-refractivity contribution is -0.104. The largest absolute Gasteiger partial charge is 0.508 e. The number of likely N-dealkylation sites (tertiary alicyclic amines) is 1. The highest BCUT2D eigenvalue weighted by Gasteiger charge is 2.51. The van der Waals surface area contributed by atoms with E-state index in [9.17, 15) is 5.11 Å². The highest BCUT2D eigenvalue weighted by Crippen LogP contribution is 2.43. The molecule has 2 fully saturated rings. The van der Waals surface area contributed by atoms with Crippen molar-refractivity contribution >= 4 is 10.8 Å². The van der Waals surface area contributed by atoms with Gasteiger partial charge in [0, 0.05) is 26.2 Å². The van der Waals surface area contributed by atoms with Gasteiger partial charge in [0.15, 0.2) is 0 Å². The maximum Gasteiger partial charge on any atom is 0.116 e. The number of aromatic hydroxyl groups is 1. The number of rotatable bonds is 6. The van der Waals surface area contributed by atoms with Gasteiger partial charge in [-0.2, -0.15) is 0 Å². The number of methoxy groups -OCH3 is 1. The van der Waals surface area contributed by atoms with Crippen molar-refractivity contribution in [3.8, 4) is 5.75 Å². The van der Waals surface area contributed by atoms with Crippen LogP contribution in [0.2, 0.25) is 0 Å². The van der Waals surface area contributed by atoms with Crippen molar-refractivity contribution < 1.29 is 19.7 Å². The molecule has 0 radical (unpaired) electrons. The number of fused-ring (bicyclic) bond motifs is 2. The van der Waals surface area contributed by atoms with E-state index < -0.39 is 0 Å². The number of hydrogen-bond acceptors (Lipinski definition) is 5. The Hall–Kier alpha value is -1.66. The van der Waals surface area contributed by atoms with Gasteiger partial charge in [-0.15, -0.1) is 0 Å². The zero-order valence-electron chi connectivity index (χ0n) is 15.9. The van der Waals surface area contributed by atoms with Crippen molar-refractivity contribution in [2.45, 2.75) is 50.0 Å². The lowest BCUT2D eigenvalue weighted by atomic mass is 9.79. The third kappa shape index (κ3) is 3.69. The second-order valence-corrected chi connectivity index (χ2v) is 7.86. The van der Waals surface area contributed by atoms with Crippen LogP contribution < -0.4 is 0 Å². The normalized spacial score (nSPS) is 28.5. The Bertz CT molecular complexity index is 795. The SMILES string of the molecule is CO[C@@]12CC[C@H](OCCO)C[C@@H]1N(Cc1ccc3cc(O)ccc3c1)CC2. The smallest absolute Gasteiger partial charge is 0.116 e. The molecule has 0 bridgehead atoms. The lowest BCUT2D eigenvalue weighted by Gasteiger charge is -2.43. The first-order valence-electron chi connectivity index (χ1n) is 9.87. The standard InChI is InChI=1S/C22H29NO4/c1-26-22-7-6-20(27-11-10-24)14-21(22)23(9-8-22)15-16-2-3-18-13-19(25)5-4-17(18)12-16/h2-5,12-13,20-21,24-25H,6-11,14-15H2,1H3/t20-,21-,22+/m0/s1. The average Bonchev–Trinajstić information content (AvgIpc) is 3.05. The van der Waals surface area contributed by atoms with E-state index in [2.05, 4.69) is 23.1 Å². The number of ether oxygens (including phenoxy) is 2. The van der Waals surface area contributed by atoms with Crippen LogP contribution in [0, 0.1) is 0 Å². The van der Waals surface area contributed by atoms with Gasteiger partial charge in [-0.3, -0.25) is 4.90 Å². The third-order valence-electron chi connectivity index (χ3n) is 6.37. The summed E-state index contributed by atoms with van der Waals surface area (Å²) in [5.41, 5.74) is 1.21. The highest BCUT2D eigenvalue weighted by atomic mass is 16.5. The van der Waals surface area contributed by atoms with Gasteiger partial charge in [0.1, 0.15) is 5.75 Å². The van der Waals surface area contributed by atoms with Crippen LogP contribution >= 0.6 is 0 Å². The fourth-order valence-electron chi connectivity index (χ4n) is 4.93. The summed E-state index contributed by atoms with van der Waals surface area (Å²) in [5.74, 6) is 0.302. The molecule has 3 atom stereocenters. The Morgan fingerprint density at radius 2 is 1.96 bits per heavy atom. The molecule has 27 heavy (non-hydrogen) atoms. The predicted octanol–water partition coefficient (Wildman–Crippen LogP) is 3.07. The Balaban J connectivity index is 1.52. The molecule has 1 aliphatic carbocycles. The van der Waals surface area contributed by atoms with Crippen LogP contribution in [0.5, 0.6) is 5.75 Å². The molecule has 5 heteroatoms. The summed E-state index contributed by atoms with van der Waals surface area (Å²) < 4.78 is 11.9. The summed E-state index contributed by atoms with van der Waals surface area (Å²) in [6.07, 6.45) is 4.22. The fourth-order valence-corrected chi connectivity index (χ4v) is 4.93. The Morgan fingerprint density at radius 3 is 2.78 bits per heavy atom. The Labute approximate surface area is 160 Å². The van der Waals surface area contributed by atoms with Gasteiger partial charge in [0.05, 0.1) is 24.9 Å². The van der Waals surface area contributed by atoms with Crippen LogP contribution in [-0.4, -0.2) is 59.7 Å². The molecule has 5 nitrogen and oxygen atoms in total. The van der Waals surface area contributed by atoms with Gasteiger partial charge in [0.25, 0.3) is 0 Å². The Kier molecular flexibility index (Phi) is 5.37. The van der Waals surface area contributed by atoms with Gasteiger partial charge in [-0.25, -0.2) is 0 Å². The molecule has 0 unspecified atom stereocenters. The molecule has 146 valence electrons. The number of benzene rings is 2. The molecule has 4 rings (SSSR count). The quantitative estimate of drug-likeness (QED) is 0.817. The average molecular weight is 371 g/mol. The van der Waals surface area contributed by atoms with Gasteiger partial charge >= 0.3 is 0 Å². The van der Waals surface area contributed by atoms with Crippen molar-refractivity contribution in [3.63, 3.8) is 0 Å². The molecule has 2 N–H and O–H groups in total. The summed E-state index contributed by atoms with van der Waals surface area (Å²) in [4.78, 5) is 2.53. The van der Waals surface area contributed by atoms with Crippen molar-refractivity contribution in [2.75, 3.05) is 26.9 Å². The highest BCUT2D eigenvalue weighted by molar-refractivity contribution is 5.84. The van der Waals surface area contributed by atoms with E-state index in [1.54, 1.807) is 12.1 Å². The molecule has 0 spiro atoms. The minimum absolute atomic E-state index is 0.0677. The number of aliphatic hydroxyl groups is 1. The monoisotopic (exact) mass is 371 g/mol. The van der Waals surface area contributed by atoms with Crippen LogP contribution in [0.15, 0.2) is 36.4 Å². The summed E-state index contributed by atoms with van der Waals surface area (Å²) in [6, 6.07) is 12.3. The molecule has 1 heterocycles. The molecular formula is C22H29NO4. The zero-order chi connectivity index (χ0) is 18.9. The molecule has 2 aromatic carbocycles. The van der Waals surface area contributed by atoms with Gasteiger partial charge in [-0.05, 0) is 60.2 Å². The molecule has 2 aliphatic rings. The van der Waals surface area contributed by atoms with Crippen LogP contribution in [0.1, 0.15) is 31.2 Å². The maximum absolute atomic E-state index is 9.65. The summed E-state index contributed by atoms with van der Waals surface area (Å²) >= 11 is 0. The van der Waals surface area contributed by atoms with Crippen molar-refractivity contribution in [2.24, 2.45) is 0 Å². The maximum atomic E-state index is 9.65. The second-order valence-electron chi connectivity index (χ2n) is 7.86. The first-order chi connectivity index (χ1) is 13.1. The zero-order valence-corrected chi connectivity index (χ0v) is 15.9. The number of phenolic OH excluding ortho intramolecular Hbond substituents is 1. The van der Waals surface area contributed by atoms with Crippen molar-refractivity contribution in [1.82, 2.24) is 4.90 Å². The molecule has 1 saturated carbocycles. The molecule has 0 amide bonds. The Morgan fingerprint density at radius 1 is 1.15 bits per heavy atom. The molecule has 1 aliphatic heterocycles. The van der Waals surface area contributed by atoms with E-state index >= 15 is 0 Å². The number of hydrogen-bond donors (Lipinski definition) is 2. The summed E-state index contributed by atoms with van der Waals surface area (Å²) in [6.45, 7) is 2.40. The van der Waals surface area contributed by atoms with E-state index in [-0.39, 0.29) is 18.3 Å². The molecule has 0 aromatic heterocycles. The minimum Gasteiger partial charge on any atom is -0.508 e. The number of nitrogens with zero attached hydrogens (tertiary/aromatic N) is 1. The summed E-state index contributed by atoms with van der Waals surface area (Å²) in [5, 5.41) is 20.9. The second kappa shape index (κ2) is 7.76. The first kappa shape index (κ1) is 18.7. The van der Waals surface area contributed by atoms with Crippen LogP contribution in [0.25, 0.3) is 10.8 Å².